The van der Waals surface area contributed by atoms with Gasteiger partial charge in [-0.25, -0.2) is 0 Å². The van der Waals surface area contributed by atoms with Crippen molar-refractivity contribution in [3.63, 3.8) is 0 Å². The highest BCUT2D eigenvalue weighted by molar-refractivity contribution is 5.47. The molecule has 0 aromatic heterocycles. The van der Waals surface area contributed by atoms with E-state index in [-0.39, 0.29) is 0 Å². The summed E-state index contributed by atoms with van der Waals surface area (Å²) >= 11 is 0. The van der Waals surface area contributed by atoms with Gasteiger partial charge in [0.15, 0.2) is 11.5 Å². The molecule has 1 aromatic carbocycles. The van der Waals surface area contributed by atoms with Gasteiger partial charge in [-0.05, 0) is 25.6 Å². The van der Waals surface area contributed by atoms with Gasteiger partial charge in [0.1, 0.15) is 13.2 Å². The van der Waals surface area contributed by atoms with Crippen LogP contribution in [-0.4, -0.2) is 32.3 Å². The van der Waals surface area contributed by atoms with Crippen LogP contribution < -0.4 is 20.1 Å². The zero-order valence-corrected chi connectivity index (χ0v) is 11.9. The third-order valence-corrected chi connectivity index (χ3v) is 3.05. The smallest absolute Gasteiger partial charge is 0.165 e. The molecule has 4 heteroatoms. The van der Waals surface area contributed by atoms with Gasteiger partial charge in [0.05, 0.1) is 0 Å². The largest absolute Gasteiger partial charge is 0.486 e. The van der Waals surface area contributed by atoms with Gasteiger partial charge in [-0.15, -0.1) is 0 Å². The van der Waals surface area contributed by atoms with Crippen LogP contribution in [0.5, 0.6) is 11.5 Å². The summed E-state index contributed by atoms with van der Waals surface area (Å²) in [5, 5.41) is 6.86. The van der Waals surface area contributed by atoms with Crippen LogP contribution in [0.15, 0.2) is 18.2 Å². The second-order valence-electron chi connectivity index (χ2n) is 5.08. The Bertz CT molecular complexity index is 394. The zero-order chi connectivity index (χ0) is 13.5. The van der Waals surface area contributed by atoms with Crippen LogP contribution in [0.1, 0.15) is 25.8 Å². The number of para-hydroxylation sites is 1. The van der Waals surface area contributed by atoms with Crippen LogP contribution in [0.25, 0.3) is 0 Å². The third kappa shape index (κ3) is 4.40. The van der Waals surface area contributed by atoms with Crippen LogP contribution in [0, 0.1) is 0 Å². The monoisotopic (exact) mass is 264 g/mol. The molecule has 0 bridgehead atoms. The third-order valence-electron chi connectivity index (χ3n) is 3.05. The number of fused-ring (bicyclic) bond motifs is 1. The molecule has 0 spiro atoms. The Labute approximate surface area is 115 Å². The van der Waals surface area contributed by atoms with Crippen molar-refractivity contribution in [2.75, 3.05) is 26.3 Å². The van der Waals surface area contributed by atoms with Gasteiger partial charge in [-0.1, -0.05) is 26.0 Å². The molecule has 1 aliphatic heterocycles. The van der Waals surface area contributed by atoms with E-state index in [0.29, 0.717) is 19.3 Å². The molecule has 19 heavy (non-hydrogen) atoms. The van der Waals surface area contributed by atoms with Gasteiger partial charge in [0.2, 0.25) is 0 Å². The quantitative estimate of drug-likeness (QED) is 0.739. The van der Waals surface area contributed by atoms with Crippen LogP contribution >= 0.6 is 0 Å². The van der Waals surface area contributed by atoms with E-state index in [4.69, 9.17) is 9.47 Å². The van der Waals surface area contributed by atoms with Crippen molar-refractivity contribution in [2.45, 2.75) is 32.9 Å². The number of benzene rings is 1. The van der Waals surface area contributed by atoms with Gasteiger partial charge >= 0.3 is 0 Å². The van der Waals surface area contributed by atoms with Crippen LogP contribution in [-0.2, 0) is 6.54 Å². The Hall–Kier alpha value is -1.26. The first-order valence-electron chi connectivity index (χ1n) is 7.09. The van der Waals surface area contributed by atoms with Crippen molar-refractivity contribution in [2.24, 2.45) is 0 Å². The molecule has 0 radical (unpaired) electrons. The minimum absolute atomic E-state index is 0.562. The molecule has 0 amide bonds. The van der Waals surface area contributed by atoms with Crippen molar-refractivity contribution in [3.8, 4) is 11.5 Å². The predicted octanol–water partition coefficient (Wildman–Crippen LogP) is 1.94. The Morgan fingerprint density at radius 3 is 2.84 bits per heavy atom. The molecule has 0 atom stereocenters. The summed E-state index contributed by atoms with van der Waals surface area (Å²) in [7, 11) is 0. The summed E-state index contributed by atoms with van der Waals surface area (Å²) < 4.78 is 11.3. The summed E-state index contributed by atoms with van der Waals surface area (Å²) in [6.07, 6.45) is 1.13. The molecular weight excluding hydrogens is 240 g/mol. The number of hydrogen-bond donors (Lipinski definition) is 2. The average Bonchev–Trinajstić information content (AvgIpc) is 2.42. The molecule has 0 aliphatic carbocycles. The lowest BCUT2D eigenvalue weighted by atomic mass is 10.1. The molecule has 106 valence electrons. The normalized spacial score (nSPS) is 13.8. The molecule has 0 unspecified atom stereocenters. The highest BCUT2D eigenvalue weighted by Crippen LogP contribution is 2.33. The number of nitrogens with one attached hydrogen (secondary N) is 2. The van der Waals surface area contributed by atoms with Crippen molar-refractivity contribution in [3.05, 3.63) is 23.8 Å². The van der Waals surface area contributed by atoms with E-state index in [1.807, 2.05) is 12.1 Å². The lowest BCUT2D eigenvalue weighted by Crippen LogP contribution is -2.27. The topological polar surface area (TPSA) is 42.5 Å². The SMILES string of the molecule is CC(C)NCCCNCc1cccc2c1OCCO2. The molecule has 2 rings (SSSR count). The summed E-state index contributed by atoms with van der Waals surface area (Å²) in [5.74, 6) is 1.77. The summed E-state index contributed by atoms with van der Waals surface area (Å²) in [6.45, 7) is 8.50. The fourth-order valence-corrected chi connectivity index (χ4v) is 2.10. The zero-order valence-electron chi connectivity index (χ0n) is 11.9. The van der Waals surface area contributed by atoms with Crippen molar-refractivity contribution in [1.82, 2.24) is 10.6 Å². The molecule has 0 saturated carbocycles. The molecule has 4 nitrogen and oxygen atoms in total. The Balaban J connectivity index is 1.74. The first-order valence-corrected chi connectivity index (χ1v) is 7.09. The molecule has 1 aliphatic rings. The number of rotatable bonds is 7. The molecule has 0 fully saturated rings. The van der Waals surface area contributed by atoms with Gasteiger partial charge < -0.3 is 20.1 Å². The summed E-state index contributed by atoms with van der Waals surface area (Å²) in [5.41, 5.74) is 1.18. The number of ether oxygens (including phenoxy) is 2. The van der Waals surface area contributed by atoms with E-state index in [1.165, 1.54) is 5.56 Å². The maximum atomic E-state index is 5.69. The Morgan fingerprint density at radius 2 is 2.00 bits per heavy atom. The van der Waals surface area contributed by atoms with Crippen LogP contribution in [0.3, 0.4) is 0 Å². The second kappa shape index (κ2) is 7.36. The van der Waals surface area contributed by atoms with Crippen LogP contribution in [0.2, 0.25) is 0 Å². The minimum atomic E-state index is 0.562. The van der Waals surface area contributed by atoms with E-state index in [0.717, 1.165) is 37.6 Å². The van der Waals surface area contributed by atoms with Gasteiger partial charge in [-0.3, -0.25) is 0 Å². The van der Waals surface area contributed by atoms with E-state index in [9.17, 15) is 0 Å². The van der Waals surface area contributed by atoms with E-state index in [2.05, 4.69) is 30.5 Å². The van der Waals surface area contributed by atoms with Crippen molar-refractivity contribution in [1.29, 1.82) is 0 Å². The van der Waals surface area contributed by atoms with Gasteiger partial charge in [0.25, 0.3) is 0 Å². The van der Waals surface area contributed by atoms with Crippen LogP contribution in [0.4, 0.5) is 0 Å². The summed E-state index contributed by atoms with van der Waals surface area (Å²) in [6, 6.07) is 6.63. The standard InChI is InChI=1S/C15H24N2O2/c1-12(2)17-8-4-7-16-11-13-5-3-6-14-15(13)19-10-9-18-14/h3,5-6,12,16-17H,4,7-11H2,1-2H3. The first-order chi connectivity index (χ1) is 9.27. The highest BCUT2D eigenvalue weighted by atomic mass is 16.6. The van der Waals surface area contributed by atoms with Gasteiger partial charge in [-0.2, -0.15) is 0 Å². The fourth-order valence-electron chi connectivity index (χ4n) is 2.10. The Kier molecular flexibility index (Phi) is 5.48. The summed E-state index contributed by atoms with van der Waals surface area (Å²) in [4.78, 5) is 0. The van der Waals surface area contributed by atoms with E-state index >= 15 is 0 Å². The lowest BCUT2D eigenvalue weighted by Gasteiger charge is -2.21. The van der Waals surface area contributed by atoms with E-state index < -0.39 is 0 Å². The lowest BCUT2D eigenvalue weighted by molar-refractivity contribution is 0.169. The van der Waals surface area contributed by atoms with Crippen molar-refractivity contribution >= 4 is 0 Å². The Morgan fingerprint density at radius 1 is 1.16 bits per heavy atom. The van der Waals surface area contributed by atoms with Crippen molar-refractivity contribution < 1.29 is 9.47 Å². The fraction of sp³-hybridized carbons (Fsp3) is 0.600. The first kappa shape index (κ1) is 14.2. The van der Waals surface area contributed by atoms with E-state index in [1.54, 1.807) is 0 Å². The molecule has 1 heterocycles. The number of hydrogen-bond acceptors (Lipinski definition) is 4. The maximum absolute atomic E-state index is 5.69. The molecule has 1 aromatic rings. The second-order valence-corrected chi connectivity index (χ2v) is 5.08. The highest BCUT2D eigenvalue weighted by Gasteiger charge is 2.14. The minimum Gasteiger partial charge on any atom is -0.486 e. The molecule has 0 saturated heterocycles. The average molecular weight is 264 g/mol. The predicted molar refractivity (Wildman–Crippen MR) is 76.9 cm³/mol. The molecular formula is C15H24N2O2. The maximum Gasteiger partial charge on any atom is 0.165 e. The molecule has 2 N–H and O–H groups in total. The van der Waals surface area contributed by atoms with Gasteiger partial charge in [0, 0.05) is 18.2 Å².